The minimum absolute atomic E-state index is 0.00722. The highest BCUT2D eigenvalue weighted by Gasteiger charge is 2.33. The fourth-order valence-electron chi connectivity index (χ4n) is 2.46. The number of amides is 1. The molecule has 0 saturated carbocycles. The normalized spacial score (nSPS) is 12.5. The fourth-order valence-corrected chi connectivity index (χ4v) is 2.63. The number of carbonyl (C=O) groups is 2. The van der Waals surface area contributed by atoms with Crippen LogP contribution in [0.1, 0.15) is 28.4 Å². The van der Waals surface area contributed by atoms with Crippen molar-refractivity contribution in [2.75, 3.05) is 5.32 Å². The third-order valence-corrected chi connectivity index (χ3v) is 4.00. The van der Waals surface area contributed by atoms with Gasteiger partial charge < -0.3 is 10.4 Å². The quantitative estimate of drug-likeness (QED) is 0.771. The zero-order valence-electron chi connectivity index (χ0n) is 13.6. The number of carboxylic acid groups (broad SMARTS) is 1. The van der Waals surface area contributed by atoms with Crippen LogP contribution in [0.25, 0.3) is 0 Å². The van der Waals surface area contributed by atoms with Crippen LogP contribution >= 0.6 is 11.6 Å². The van der Waals surface area contributed by atoms with Crippen molar-refractivity contribution in [2.24, 2.45) is 5.92 Å². The van der Waals surface area contributed by atoms with E-state index in [4.69, 9.17) is 16.7 Å². The summed E-state index contributed by atoms with van der Waals surface area (Å²) in [5.41, 5.74) is -0.975. The molecule has 138 valence electrons. The molecule has 8 heteroatoms. The number of anilines is 1. The van der Waals surface area contributed by atoms with Gasteiger partial charge in [-0.25, -0.2) is 4.79 Å². The molecule has 4 nitrogen and oxygen atoms in total. The molecule has 0 bridgehead atoms. The number of rotatable bonds is 5. The van der Waals surface area contributed by atoms with Crippen LogP contribution in [0.15, 0.2) is 42.5 Å². The Kier molecular flexibility index (Phi) is 5.92. The van der Waals surface area contributed by atoms with E-state index in [2.05, 4.69) is 5.32 Å². The van der Waals surface area contributed by atoms with Crippen molar-refractivity contribution >= 4 is 29.2 Å². The molecule has 0 heterocycles. The summed E-state index contributed by atoms with van der Waals surface area (Å²) in [6.07, 6.45) is -4.67. The molecular formula is C18H15ClF3NO3. The fraction of sp³-hybridized carbons (Fsp3) is 0.222. The lowest BCUT2D eigenvalue weighted by atomic mass is 9.95. The molecule has 0 radical (unpaired) electrons. The van der Waals surface area contributed by atoms with Crippen LogP contribution in [0.5, 0.6) is 0 Å². The highest BCUT2D eigenvalue weighted by atomic mass is 35.5. The van der Waals surface area contributed by atoms with Crippen LogP contribution in [-0.2, 0) is 17.4 Å². The number of hydrogen-bond acceptors (Lipinski definition) is 2. The first-order valence-corrected chi connectivity index (χ1v) is 7.96. The average molecular weight is 386 g/mol. The van der Waals surface area contributed by atoms with Crippen molar-refractivity contribution in [3.63, 3.8) is 0 Å². The summed E-state index contributed by atoms with van der Waals surface area (Å²) < 4.78 is 39.2. The summed E-state index contributed by atoms with van der Waals surface area (Å²) in [6.45, 7) is 1.47. The molecule has 2 aromatic rings. The summed E-state index contributed by atoms with van der Waals surface area (Å²) in [5, 5.41) is 11.8. The first kappa shape index (κ1) is 19.8. The summed E-state index contributed by atoms with van der Waals surface area (Å²) in [6, 6.07) is 8.90. The topological polar surface area (TPSA) is 66.4 Å². The first-order chi connectivity index (χ1) is 12.1. The standard InChI is InChI=1S/C18H15ClF3NO3/c1-10(8-11-4-2-3-5-14(11)18(20,21)22)16(24)23-15-9-12(19)6-7-13(15)17(25)26/h2-7,9-10H,8H2,1H3,(H,23,24)(H,25,26). The van der Waals surface area contributed by atoms with E-state index in [1.165, 1.54) is 43.3 Å². The van der Waals surface area contributed by atoms with Crippen molar-refractivity contribution in [1.82, 2.24) is 0 Å². The summed E-state index contributed by atoms with van der Waals surface area (Å²) in [7, 11) is 0. The van der Waals surface area contributed by atoms with Gasteiger partial charge in [0.15, 0.2) is 0 Å². The maximum atomic E-state index is 13.1. The molecule has 0 aliphatic heterocycles. The van der Waals surface area contributed by atoms with E-state index in [1.807, 2.05) is 0 Å². The van der Waals surface area contributed by atoms with Gasteiger partial charge >= 0.3 is 12.1 Å². The Labute approximate surface area is 152 Å². The molecule has 1 unspecified atom stereocenters. The van der Waals surface area contributed by atoms with E-state index in [-0.39, 0.29) is 28.3 Å². The third-order valence-electron chi connectivity index (χ3n) is 3.77. The highest BCUT2D eigenvalue weighted by Crippen LogP contribution is 2.33. The van der Waals surface area contributed by atoms with Crippen LogP contribution in [0.3, 0.4) is 0 Å². The van der Waals surface area contributed by atoms with E-state index in [0.717, 1.165) is 6.07 Å². The zero-order chi connectivity index (χ0) is 19.5. The Hall–Kier alpha value is -2.54. The minimum Gasteiger partial charge on any atom is -0.478 e. The minimum atomic E-state index is -4.52. The Bertz CT molecular complexity index is 837. The predicted octanol–water partition coefficient (Wildman–Crippen LogP) is 4.87. The number of alkyl halides is 3. The molecule has 2 aromatic carbocycles. The number of aromatic carboxylic acids is 1. The van der Waals surface area contributed by atoms with Gasteiger partial charge in [0.05, 0.1) is 16.8 Å². The van der Waals surface area contributed by atoms with E-state index < -0.39 is 29.5 Å². The van der Waals surface area contributed by atoms with Crippen LogP contribution in [0.2, 0.25) is 5.02 Å². The molecule has 0 spiro atoms. The van der Waals surface area contributed by atoms with Crippen LogP contribution in [0, 0.1) is 5.92 Å². The number of hydrogen-bond donors (Lipinski definition) is 2. The predicted molar refractivity (Wildman–Crippen MR) is 91.4 cm³/mol. The molecule has 0 aliphatic carbocycles. The summed E-state index contributed by atoms with van der Waals surface area (Å²) in [5.74, 6) is -2.68. The molecule has 2 rings (SSSR count). The molecule has 0 fully saturated rings. The van der Waals surface area contributed by atoms with Gasteiger partial charge in [0.1, 0.15) is 0 Å². The molecule has 1 atom stereocenters. The number of benzene rings is 2. The monoisotopic (exact) mass is 385 g/mol. The largest absolute Gasteiger partial charge is 0.478 e. The lowest BCUT2D eigenvalue weighted by molar-refractivity contribution is -0.138. The third kappa shape index (κ3) is 4.76. The van der Waals surface area contributed by atoms with E-state index in [9.17, 15) is 22.8 Å². The van der Waals surface area contributed by atoms with E-state index in [1.54, 1.807) is 0 Å². The number of nitrogens with one attached hydrogen (secondary N) is 1. The average Bonchev–Trinajstić information content (AvgIpc) is 2.54. The van der Waals surface area contributed by atoms with E-state index >= 15 is 0 Å². The Morgan fingerprint density at radius 3 is 2.46 bits per heavy atom. The van der Waals surface area contributed by atoms with Crippen molar-refractivity contribution in [3.05, 3.63) is 64.2 Å². The van der Waals surface area contributed by atoms with Crippen molar-refractivity contribution in [2.45, 2.75) is 19.5 Å². The summed E-state index contributed by atoms with van der Waals surface area (Å²) >= 11 is 5.82. The van der Waals surface area contributed by atoms with Gasteiger partial charge in [-0.3, -0.25) is 4.79 Å². The van der Waals surface area contributed by atoms with Crippen molar-refractivity contribution < 1.29 is 27.9 Å². The second-order valence-electron chi connectivity index (χ2n) is 5.74. The molecule has 26 heavy (non-hydrogen) atoms. The molecule has 2 N–H and O–H groups in total. The van der Waals surface area contributed by atoms with Gasteiger partial charge in [0.2, 0.25) is 5.91 Å². The van der Waals surface area contributed by atoms with Gasteiger partial charge in [0.25, 0.3) is 0 Å². The second-order valence-corrected chi connectivity index (χ2v) is 6.18. The van der Waals surface area contributed by atoms with Gasteiger partial charge in [0, 0.05) is 10.9 Å². The second kappa shape index (κ2) is 7.78. The highest BCUT2D eigenvalue weighted by molar-refractivity contribution is 6.31. The number of carbonyl (C=O) groups excluding carboxylic acids is 1. The molecular weight excluding hydrogens is 371 g/mol. The summed E-state index contributed by atoms with van der Waals surface area (Å²) in [4.78, 5) is 23.5. The van der Waals surface area contributed by atoms with Crippen LogP contribution in [-0.4, -0.2) is 17.0 Å². The lowest BCUT2D eigenvalue weighted by Gasteiger charge is -2.17. The van der Waals surface area contributed by atoms with Gasteiger partial charge in [-0.15, -0.1) is 0 Å². The zero-order valence-corrected chi connectivity index (χ0v) is 14.4. The van der Waals surface area contributed by atoms with Crippen molar-refractivity contribution in [1.29, 1.82) is 0 Å². The smallest absolute Gasteiger partial charge is 0.416 e. The SMILES string of the molecule is CC(Cc1ccccc1C(F)(F)F)C(=O)Nc1cc(Cl)ccc1C(=O)O. The van der Waals surface area contributed by atoms with Gasteiger partial charge in [-0.05, 0) is 36.2 Å². The van der Waals surface area contributed by atoms with E-state index in [0.29, 0.717) is 0 Å². The molecule has 0 saturated heterocycles. The lowest BCUT2D eigenvalue weighted by Crippen LogP contribution is -2.24. The molecule has 0 aliphatic rings. The maximum absolute atomic E-state index is 13.1. The van der Waals surface area contributed by atoms with Crippen LogP contribution in [0.4, 0.5) is 18.9 Å². The van der Waals surface area contributed by atoms with Crippen LogP contribution < -0.4 is 5.32 Å². The Morgan fingerprint density at radius 2 is 1.85 bits per heavy atom. The van der Waals surface area contributed by atoms with Gasteiger partial charge in [-0.1, -0.05) is 36.7 Å². The van der Waals surface area contributed by atoms with Crippen molar-refractivity contribution in [3.8, 4) is 0 Å². The molecule has 1 amide bonds. The maximum Gasteiger partial charge on any atom is 0.416 e. The number of halogens is 4. The Balaban J connectivity index is 2.20. The number of carboxylic acids is 1. The molecule has 0 aromatic heterocycles. The van der Waals surface area contributed by atoms with Gasteiger partial charge in [-0.2, -0.15) is 13.2 Å². The first-order valence-electron chi connectivity index (χ1n) is 7.58. The Morgan fingerprint density at radius 1 is 1.19 bits per heavy atom.